The van der Waals surface area contributed by atoms with E-state index in [-0.39, 0.29) is 0 Å². The van der Waals surface area contributed by atoms with E-state index in [9.17, 15) is 8.78 Å². The monoisotopic (exact) mass is 263 g/mol. The Kier molecular flexibility index (Phi) is 4.34. The molecule has 0 fully saturated rings. The summed E-state index contributed by atoms with van der Waals surface area (Å²) < 4.78 is 31.2. The normalized spacial score (nSPS) is 10.3. The molecule has 100 valence electrons. The molecule has 4 heteroatoms. The number of aryl methyl sites for hydroxylation is 1. The zero-order valence-electron chi connectivity index (χ0n) is 10.6. The summed E-state index contributed by atoms with van der Waals surface area (Å²) in [5, 5.41) is 2.96. The smallest absolute Gasteiger partial charge is 0.160 e. The van der Waals surface area contributed by atoms with Gasteiger partial charge in [0.1, 0.15) is 12.4 Å². The van der Waals surface area contributed by atoms with Crippen LogP contribution in [0.15, 0.2) is 42.5 Å². The van der Waals surface area contributed by atoms with Gasteiger partial charge in [0.25, 0.3) is 0 Å². The summed E-state index contributed by atoms with van der Waals surface area (Å²) in [5.74, 6) is -0.913. The summed E-state index contributed by atoms with van der Waals surface area (Å²) in [7, 11) is 0. The maximum atomic E-state index is 12.9. The summed E-state index contributed by atoms with van der Waals surface area (Å²) in [6.07, 6.45) is 0. The van der Waals surface area contributed by atoms with Gasteiger partial charge in [-0.1, -0.05) is 17.7 Å². The van der Waals surface area contributed by atoms with Crippen LogP contribution in [0.2, 0.25) is 0 Å². The van der Waals surface area contributed by atoms with Crippen LogP contribution in [0.5, 0.6) is 5.75 Å². The molecule has 0 radical (unpaired) electrons. The molecule has 2 aromatic carbocycles. The van der Waals surface area contributed by atoms with Crippen LogP contribution in [0, 0.1) is 18.6 Å². The van der Waals surface area contributed by atoms with E-state index >= 15 is 0 Å². The van der Waals surface area contributed by atoms with Gasteiger partial charge >= 0.3 is 0 Å². The van der Waals surface area contributed by atoms with Crippen molar-refractivity contribution in [2.45, 2.75) is 6.92 Å². The second-order valence-electron chi connectivity index (χ2n) is 4.22. The first-order valence-electron chi connectivity index (χ1n) is 6.03. The standard InChI is InChI=1S/C15H15F2NO/c1-11-2-5-13(6-3-11)19-9-8-18-12-4-7-14(16)15(17)10-12/h2-7,10,18H,8-9H2,1H3. The number of hydrogen-bond acceptors (Lipinski definition) is 2. The third kappa shape index (κ3) is 3.95. The van der Waals surface area contributed by atoms with Gasteiger partial charge in [-0.15, -0.1) is 0 Å². The summed E-state index contributed by atoms with van der Waals surface area (Å²) >= 11 is 0. The largest absolute Gasteiger partial charge is 0.492 e. The van der Waals surface area contributed by atoms with Gasteiger partial charge in [0.2, 0.25) is 0 Å². The Hall–Kier alpha value is -2.10. The lowest BCUT2D eigenvalue weighted by Crippen LogP contribution is -2.11. The molecule has 2 nitrogen and oxygen atoms in total. The van der Waals surface area contributed by atoms with E-state index in [0.717, 1.165) is 17.9 Å². The van der Waals surface area contributed by atoms with Crippen molar-refractivity contribution in [1.29, 1.82) is 0 Å². The van der Waals surface area contributed by atoms with Gasteiger partial charge in [0.15, 0.2) is 11.6 Å². The second kappa shape index (κ2) is 6.18. The average Bonchev–Trinajstić information content (AvgIpc) is 2.41. The van der Waals surface area contributed by atoms with Crippen LogP contribution >= 0.6 is 0 Å². The number of nitrogens with one attached hydrogen (secondary N) is 1. The zero-order chi connectivity index (χ0) is 13.7. The minimum absolute atomic E-state index is 0.446. The van der Waals surface area contributed by atoms with Crippen LogP contribution in [-0.4, -0.2) is 13.2 Å². The van der Waals surface area contributed by atoms with E-state index in [2.05, 4.69) is 5.32 Å². The highest BCUT2D eigenvalue weighted by atomic mass is 19.2. The first-order valence-corrected chi connectivity index (χ1v) is 6.03. The number of rotatable bonds is 5. The maximum absolute atomic E-state index is 12.9. The van der Waals surface area contributed by atoms with Gasteiger partial charge in [-0.25, -0.2) is 8.78 Å². The fourth-order valence-corrected chi connectivity index (χ4v) is 1.60. The summed E-state index contributed by atoms with van der Waals surface area (Å²) in [5.41, 5.74) is 1.71. The molecule has 0 heterocycles. The summed E-state index contributed by atoms with van der Waals surface area (Å²) in [6.45, 7) is 2.97. The van der Waals surface area contributed by atoms with E-state index < -0.39 is 11.6 Å². The first-order chi connectivity index (χ1) is 9.15. The van der Waals surface area contributed by atoms with E-state index in [1.54, 1.807) is 0 Å². The first kappa shape index (κ1) is 13.3. The predicted octanol–water partition coefficient (Wildman–Crippen LogP) is 3.76. The lowest BCUT2D eigenvalue weighted by molar-refractivity contribution is 0.333. The van der Waals surface area contributed by atoms with Gasteiger partial charge in [-0.05, 0) is 31.2 Å². The van der Waals surface area contributed by atoms with E-state index in [1.165, 1.54) is 11.6 Å². The summed E-state index contributed by atoms with van der Waals surface area (Å²) in [6, 6.07) is 11.4. The van der Waals surface area contributed by atoms with E-state index in [0.29, 0.717) is 18.8 Å². The zero-order valence-corrected chi connectivity index (χ0v) is 10.6. The van der Waals surface area contributed by atoms with Crippen LogP contribution in [0.25, 0.3) is 0 Å². The molecule has 0 aliphatic rings. The van der Waals surface area contributed by atoms with E-state index in [4.69, 9.17) is 4.74 Å². The van der Waals surface area contributed by atoms with Crippen molar-refractivity contribution in [2.24, 2.45) is 0 Å². The van der Waals surface area contributed by atoms with Gasteiger partial charge in [-0.3, -0.25) is 0 Å². The van der Waals surface area contributed by atoms with Crippen molar-refractivity contribution < 1.29 is 13.5 Å². The van der Waals surface area contributed by atoms with Crippen LogP contribution in [0.3, 0.4) is 0 Å². The van der Waals surface area contributed by atoms with Gasteiger partial charge in [0.05, 0.1) is 0 Å². The highest BCUT2D eigenvalue weighted by Crippen LogP contribution is 2.13. The Morgan fingerprint density at radius 3 is 2.42 bits per heavy atom. The number of benzene rings is 2. The van der Waals surface area contributed by atoms with Crippen LogP contribution in [-0.2, 0) is 0 Å². The molecular weight excluding hydrogens is 248 g/mol. The molecule has 2 aromatic rings. The molecule has 1 N–H and O–H groups in total. The SMILES string of the molecule is Cc1ccc(OCCNc2ccc(F)c(F)c2)cc1. The van der Waals surface area contributed by atoms with Crippen LogP contribution < -0.4 is 10.1 Å². The van der Waals surface area contributed by atoms with Gasteiger partial charge < -0.3 is 10.1 Å². The van der Waals surface area contributed by atoms with E-state index in [1.807, 2.05) is 31.2 Å². The third-order valence-corrected chi connectivity index (χ3v) is 2.64. The molecule has 0 spiro atoms. The molecule has 0 unspecified atom stereocenters. The molecule has 0 aliphatic heterocycles. The molecular formula is C15H15F2NO. The molecule has 0 bridgehead atoms. The summed E-state index contributed by atoms with van der Waals surface area (Å²) in [4.78, 5) is 0. The Balaban J connectivity index is 1.77. The molecule has 0 saturated carbocycles. The topological polar surface area (TPSA) is 21.3 Å². The minimum Gasteiger partial charge on any atom is -0.492 e. The van der Waals surface area contributed by atoms with Crippen LogP contribution in [0.4, 0.5) is 14.5 Å². The lowest BCUT2D eigenvalue weighted by Gasteiger charge is -2.09. The van der Waals surface area contributed by atoms with Crippen LogP contribution in [0.1, 0.15) is 5.56 Å². The highest BCUT2D eigenvalue weighted by molar-refractivity contribution is 5.43. The van der Waals surface area contributed by atoms with Crippen molar-refractivity contribution in [3.05, 3.63) is 59.7 Å². The quantitative estimate of drug-likeness (QED) is 0.829. The molecule has 0 atom stereocenters. The number of anilines is 1. The van der Waals surface area contributed by atoms with Crippen molar-refractivity contribution in [3.63, 3.8) is 0 Å². The van der Waals surface area contributed by atoms with Gasteiger partial charge in [-0.2, -0.15) is 0 Å². The van der Waals surface area contributed by atoms with Crippen molar-refractivity contribution in [3.8, 4) is 5.75 Å². The highest BCUT2D eigenvalue weighted by Gasteiger charge is 2.01. The fourth-order valence-electron chi connectivity index (χ4n) is 1.60. The number of halogens is 2. The van der Waals surface area contributed by atoms with Gasteiger partial charge in [0, 0.05) is 18.3 Å². The minimum atomic E-state index is -0.857. The Morgan fingerprint density at radius 1 is 1.00 bits per heavy atom. The predicted molar refractivity (Wildman–Crippen MR) is 71.5 cm³/mol. The van der Waals surface area contributed by atoms with Crippen molar-refractivity contribution in [2.75, 3.05) is 18.5 Å². The molecule has 0 aromatic heterocycles. The molecule has 0 saturated heterocycles. The lowest BCUT2D eigenvalue weighted by atomic mass is 10.2. The average molecular weight is 263 g/mol. The number of ether oxygens (including phenoxy) is 1. The van der Waals surface area contributed by atoms with Crippen molar-refractivity contribution in [1.82, 2.24) is 0 Å². The Labute approximate surface area is 111 Å². The molecule has 0 amide bonds. The van der Waals surface area contributed by atoms with Crippen molar-refractivity contribution >= 4 is 5.69 Å². The Morgan fingerprint density at radius 2 is 1.74 bits per heavy atom. The molecule has 2 rings (SSSR count). The fraction of sp³-hybridized carbons (Fsp3) is 0.200. The maximum Gasteiger partial charge on any atom is 0.160 e. The third-order valence-electron chi connectivity index (χ3n) is 2.64. The second-order valence-corrected chi connectivity index (χ2v) is 4.22. The number of hydrogen-bond donors (Lipinski definition) is 1. The molecule has 0 aliphatic carbocycles. The Bertz CT molecular complexity index is 540. The molecule has 19 heavy (non-hydrogen) atoms.